The number of anilines is 1. The molecule has 0 aromatic heterocycles. The topological polar surface area (TPSA) is 96.0 Å². The molecule has 0 aliphatic heterocycles. The normalized spacial score (nSPS) is 12.1. The van der Waals surface area contributed by atoms with E-state index in [0.29, 0.717) is 12.3 Å². The van der Waals surface area contributed by atoms with Gasteiger partial charge in [0.25, 0.3) is 10.0 Å². The van der Waals surface area contributed by atoms with Crippen LogP contribution in [0.2, 0.25) is 0 Å². The van der Waals surface area contributed by atoms with Crippen molar-refractivity contribution in [3.05, 3.63) is 88.9 Å². The first-order valence-corrected chi connectivity index (χ1v) is 14.8. The first kappa shape index (κ1) is 30.2. The SMILES string of the molecule is COc1ccccc1N(CC(=O)N(Cc1ccc(Br)cc1)[C@H](C)C(=O)NCC(C)C)S(=O)(=O)c1ccccc1. The summed E-state index contributed by atoms with van der Waals surface area (Å²) in [6, 6.07) is 21.1. The molecule has 3 aromatic rings. The molecule has 0 bridgehead atoms. The Bertz CT molecular complexity index is 1370. The van der Waals surface area contributed by atoms with Crippen molar-refractivity contribution in [3.8, 4) is 5.75 Å². The number of rotatable bonds is 12. The number of para-hydroxylation sites is 2. The van der Waals surface area contributed by atoms with Crippen LogP contribution in [0.4, 0.5) is 5.69 Å². The largest absolute Gasteiger partial charge is 0.495 e. The van der Waals surface area contributed by atoms with Crippen molar-refractivity contribution >= 4 is 43.5 Å². The zero-order chi connectivity index (χ0) is 28.6. The van der Waals surface area contributed by atoms with Crippen LogP contribution in [-0.2, 0) is 26.2 Å². The third-order valence-electron chi connectivity index (χ3n) is 6.08. The fourth-order valence-electron chi connectivity index (χ4n) is 3.89. The van der Waals surface area contributed by atoms with E-state index in [-0.39, 0.29) is 29.0 Å². The second-order valence-corrected chi connectivity index (χ2v) is 12.2. The first-order chi connectivity index (χ1) is 18.5. The van der Waals surface area contributed by atoms with Crippen molar-refractivity contribution < 1.29 is 22.7 Å². The predicted molar refractivity (Wildman–Crippen MR) is 156 cm³/mol. The number of nitrogens with zero attached hydrogens (tertiary/aromatic N) is 2. The molecule has 208 valence electrons. The second kappa shape index (κ2) is 13.6. The van der Waals surface area contributed by atoms with E-state index in [1.54, 1.807) is 49.4 Å². The van der Waals surface area contributed by atoms with Crippen molar-refractivity contribution in [2.24, 2.45) is 5.92 Å². The molecule has 0 unspecified atom stereocenters. The van der Waals surface area contributed by atoms with E-state index >= 15 is 0 Å². The molecule has 0 aliphatic carbocycles. The minimum atomic E-state index is -4.16. The summed E-state index contributed by atoms with van der Waals surface area (Å²) in [5.74, 6) is -0.319. The molecule has 10 heteroatoms. The minimum absolute atomic E-state index is 0.0332. The van der Waals surface area contributed by atoms with Gasteiger partial charge in [0.15, 0.2) is 0 Å². The van der Waals surface area contributed by atoms with Gasteiger partial charge in [-0.25, -0.2) is 8.42 Å². The van der Waals surface area contributed by atoms with Crippen molar-refractivity contribution in [2.45, 2.75) is 38.3 Å². The molecule has 1 N–H and O–H groups in total. The molecular weight excluding hydrogens is 582 g/mol. The first-order valence-electron chi connectivity index (χ1n) is 12.6. The Kier molecular flexibility index (Phi) is 10.5. The lowest BCUT2D eigenvalue weighted by atomic mass is 10.1. The van der Waals surface area contributed by atoms with Crippen LogP contribution in [-0.4, -0.2) is 51.4 Å². The Balaban J connectivity index is 2.03. The van der Waals surface area contributed by atoms with Gasteiger partial charge in [-0.15, -0.1) is 0 Å². The molecule has 8 nitrogen and oxygen atoms in total. The number of amides is 2. The number of benzene rings is 3. The van der Waals surface area contributed by atoms with Gasteiger partial charge in [-0.3, -0.25) is 13.9 Å². The second-order valence-electron chi connectivity index (χ2n) is 9.46. The maximum atomic E-state index is 13.9. The third kappa shape index (κ3) is 7.83. The van der Waals surface area contributed by atoms with Gasteiger partial charge in [0.05, 0.1) is 17.7 Å². The van der Waals surface area contributed by atoms with Gasteiger partial charge < -0.3 is 15.0 Å². The number of sulfonamides is 1. The number of hydrogen-bond acceptors (Lipinski definition) is 5. The highest BCUT2D eigenvalue weighted by atomic mass is 79.9. The van der Waals surface area contributed by atoms with Gasteiger partial charge in [-0.05, 0) is 54.8 Å². The Morgan fingerprint density at radius 1 is 0.923 bits per heavy atom. The van der Waals surface area contributed by atoms with E-state index in [2.05, 4.69) is 21.2 Å². The Hall–Kier alpha value is -3.37. The minimum Gasteiger partial charge on any atom is -0.495 e. The maximum Gasteiger partial charge on any atom is 0.264 e. The summed E-state index contributed by atoms with van der Waals surface area (Å²) in [4.78, 5) is 28.4. The van der Waals surface area contributed by atoms with E-state index in [9.17, 15) is 18.0 Å². The van der Waals surface area contributed by atoms with Crippen LogP contribution in [0.5, 0.6) is 5.75 Å². The molecule has 1 atom stereocenters. The van der Waals surface area contributed by atoms with Crippen molar-refractivity contribution in [2.75, 3.05) is 24.5 Å². The van der Waals surface area contributed by atoms with E-state index in [1.165, 1.54) is 24.1 Å². The van der Waals surface area contributed by atoms with Gasteiger partial charge in [0.1, 0.15) is 18.3 Å². The number of carbonyl (C=O) groups excluding carboxylic acids is 2. The number of carbonyl (C=O) groups is 2. The average molecular weight is 617 g/mol. The lowest BCUT2D eigenvalue weighted by Crippen LogP contribution is -2.51. The van der Waals surface area contributed by atoms with Crippen LogP contribution in [0, 0.1) is 5.92 Å². The van der Waals surface area contributed by atoms with Crippen LogP contribution in [0.3, 0.4) is 0 Å². The summed E-state index contributed by atoms with van der Waals surface area (Å²) in [5, 5.41) is 2.88. The standard InChI is InChI=1S/C29H34BrN3O5S/c1-21(2)18-31-29(35)22(3)32(19-23-14-16-24(30)17-15-23)28(34)20-33(26-12-8-9-13-27(26)38-4)39(36,37)25-10-6-5-7-11-25/h5-17,21-22H,18-20H2,1-4H3,(H,31,35)/t22-/m1/s1. The lowest BCUT2D eigenvalue weighted by Gasteiger charge is -2.32. The van der Waals surface area contributed by atoms with Crippen molar-refractivity contribution in [1.82, 2.24) is 10.2 Å². The van der Waals surface area contributed by atoms with E-state index in [4.69, 9.17) is 4.74 Å². The summed E-state index contributed by atoms with van der Waals surface area (Å²) in [5.41, 5.74) is 1.02. The Morgan fingerprint density at radius 2 is 1.54 bits per heavy atom. The van der Waals surface area contributed by atoms with Crippen molar-refractivity contribution in [3.63, 3.8) is 0 Å². The lowest BCUT2D eigenvalue weighted by molar-refractivity contribution is -0.139. The number of hydrogen-bond donors (Lipinski definition) is 1. The molecule has 0 radical (unpaired) electrons. The van der Waals surface area contributed by atoms with Crippen LogP contribution in [0.1, 0.15) is 26.3 Å². The number of nitrogens with one attached hydrogen (secondary N) is 1. The van der Waals surface area contributed by atoms with Crippen molar-refractivity contribution in [1.29, 1.82) is 0 Å². The monoisotopic (exact) mass is 615 g/mol. The highest BCUT2D eigenvalue weighted by molar-refractivity contribution is 9.10. The highest BCUT2D eigenvalue weighted by Gasteiger charge is 2.33. The fraction of sp³-hybridized carbons (Fsp3) is 0.310. The molecule has 0 saturated carbocycles. The molecule has 3 aromatic carbocycles. The Morgan fingerprint density at radius 3 is 2.15 bits per heavy atom. The fourth-order valence-corrected chi connectivity index (χ4v) is 5.60. The molecule has 3 rings (SSSR count). The average Bonchev–Trinajstić information content (AvgIpc) is 2.94. The van der Waals surface area contributed by atoms with Crippen LogP contribution in [0.25, 0.3) is 0 Å². The van der Waals surface area contributed by atoms with Gasteiger partial charge in [-0.2, -0.15) is 0 Å². The summed E-state index contributed by atoms with van der Waals surface area (Å²) >= 11 is 3.41. The van der Waals surface area contributed by atoms with Gasteiger partial charge >= 0.3 is 0 Å². The molecule has 0 aliphatic rings. The summed E-state index contributed by atoms with van der Waals surface area (Å²) in [6.07, 6.45) is 0. The summed E-state index contributed by atoms with van der Waals surface area (Å²) in [7, 11) is -2.72. The molecule has 0 spiro atoms. The van der Waals surface area contributed by atoms with Crippen LogP contribution < -0.4 is 14.4 Å². The van der Waals surface area contributed by atoms with Crippen LogP contribution in [0.15, 0.2) is 88.2 Å². The zero-order valence-corrected chi connectivity index (χ0v) is 24.9. The number of halogens is 1. The van der Waals surface area contributed by atoms with Gasteiger partial charge in [-0.1, -0.05) is 72.2 Å². The predicted octanol–water partition coefficient (Wildman–Crippen LogP) is 4.84. The van der Waals surface area contributed by atoms with E-state index in [0.717, 1.165) is 14.3 Å². The zero-order valence-electron chi connectivity index (χ0n) is 22.5. The summed E-state index contributed by atoms with van der Waals surface area (Å²) in [6.45, 7) is 5.65. The quantitative estimate of drug-likeness (QED) is 0.314. The smallest absolute Gasteiger partial charge is 0.264 e. The van der Waals surface area contributed by atoms with E-state index in [1.807, 2.05) is 38.1 Å². The maximum absolute atomic E-state index is 13.9. The van der Waals surface area contributed by atoms with Gasteiger partial charge in [0.2, 0.25) is 11.8 Å². The molecule has 0 saturated heterocycles. The molecular formula is C29H34BrN3O5S. The molecule has 39 heavy (non-hydrogen) atoms. The number of ether oxygens (including phenoxy) is 1. The van der Waals surface area contributed by atoms with Gasteiger partial charge in [0, 0.05) is 17.6 Å². The summed E-state index contributed by atoms with van der Waals surface area (Å²) < 4.78 is 35.1. The Labute approximate surface area is 239 Å². The molecule has 0 fully saturated rings. The molecule has 0 heterocycles. The third-order valence-corrected chi connectivity index (χ3v) is 8.38. The number of methoxy groups -OCH3 is 1. The highest BCUT2D eigenvalue weighted by Crippen LogP contribution is 2.32. The molecule has 2 amide bonds. The van der Waals surface area contributed by atoms with Crippen LogP contribution >= 0.6 is 15.9 Å². The van der Waals surface area contributed by atoms with E-state index < -0.39 is 28.5 Å².